The van der Waals surface area contributed by atoms with Crippen molar-refractivity contribution < 1.29 is 67.0 Å². The molecule has 2 fully saturated rings. The fourth-order valence-electron chi connectivity index (χ4n) is 6.17. The SMILES string of the molecule is Cc1ncsc1-c1ccc(CNC(=O)[C@@H]2C[C@@H](O)CN2C(=O)[C@@H](NC(=O)C2(F)CC2)C(C)(C)C)c(OCC(=O)NCCOCCOCCOCCOCCOCCC(=O)O)c1. The van der Waals surface area contributed by atoms with E-state index in [-0.39, 0.29) is 65.1 Å². The Morgan fingerprint density at radius 3 is 2.10 bits per heavy atom. The van der Waals surface area contributed by atoms with Crippen molar-refractivity contribution in [1.82, 2.24) is 25.8 Å². The minimum Gasteiger partial charge on any atom is -0.483 e. The van der Waals surface area contributed by atoms with Crippen molar-refractivity contribution in [3.63, 3.8) is 0 Å². The number of amides is 4. The standard InChI is InChI=1S/C41H60FN5O13S/c1-27-35(61-26-45-27)28-5-6-29(23-44-37(52)31-22-30(48)24-47(31)38(53)36(40(2,3)4)46-39(54)41(42)8-9-41)32(21-28)60-25-33(49)43-10-12-56-14-16-58-18-20-59-19-17-57-15-13-55-11-7-34(50)51/h5-6,21,26,30-31,36,48H,7-20,22-25H2,1-4H3,(H,43,49)(H,44,52)(H,46,54)(H,50,51)/t30-,31+,36-/m1/s1. The molecule has 2 aliphatic rings. The molecule has 0 spiro atoms. The number of alkyl halides is 1. The predicted molar refractivity (Wildman–Crippen MR) is 220 cm³/mol. The van der Waals surface area contributed by atoms with Crippen LogP contribution in [0.1, 0.15) is 57.7 Å². The number of aryl methyl sites for hydroxylation is 1. The van der Waals surface area contributed by atoms with E-state index in [1.165, 1.54) is 16.2 Å². The number of halogens is 1. The summed E-state index contributed by atoms with van der Waals surface area (Å²) >= 11 is 1.45. The molecule has 4 amide bonds. The van der Waals surface area contributed by atoms with Gasteiger partial charge in [-0.25, -0.2) is 9.37 Å². The number of hydrogen-bond acceptors (Lipinski definition) is 14. The topological polar surface area (TPSA) is 233 Å². The van der Waals surface area contributed by atoms with Crippen molar-refractivity contribution >= 4 is 40.9 Å². The van der Waals surface area contributed by atoms with Gasteiger partial charge in [0, 0.05) is 31.6 Å². The number of nitrogens with zero attached hydrogens (tertiary/aromatic N) is 2. The number of carbonyl (C=O) groups excluding carboxylic acids is 4. The van der Waals surface area contributed by atoms with Gasteiger partial charge in [0.05, 0.1) is 94.7 Å². The zero-order valence-electron chi connectivity index (χ0n) is 35.3. The third-order valence-electron chi connectivity index (χ3n) is 9.75. The Kier molecular flexibility index (Phi) is 19.7. The molecule has 0 bridgehead atoms. The molecule has 20 heteroatoms. The fourth-order valence-corrected chi connectivity index (χ4v) is 6.97. The lowest BCUT2D eigenvalue weighted by Gasteiger charge is -2.35. The van der Waals surface area contributed by atoms with Gasteiger partial charge in [-0.2, -0.15) is 0 Å². The van der Waals surface area contributed by atoms with Crippen LogP contribution in [0.5, 0.6) is 5.75 Å². The van der Waals surface area contributed by atoms with E-state index < -0.39 is 58.9 Å². The molecular formula is C41H60FN5O13S. The van der Waals surface area contributed by atoms with E-state index in [4.69, 9.17) is 33.5 Å². The molecule has 0 unspecified atom stereocenters. The fraction of sp³-hybridized carbons (Fsp3) is 0.659. The Morgan fingerprint density at radius 2 is 1.54 bits per heavy atom. The number of aliphatic carboxylic acids is 1. The highest BCUT2D eigenvalue weighted by atomic mass is 32.1. The quantitative estimate of drug-likeness (QED) is 0.0768. The van der Waals surface area contributed by atoms with Crippen molar-refractivity contribution in [2.24, 2.45) is 5.41 Å². The van der Waals surface area contributed by atoms with E-state index in [0.717, 1.165) is 16.1 Å². The Balaban J connectivity index is 1.19. The minimum absolute atomic E-state index is 0.0238. The summed E-state index contributed by atoms with van der Waals surface area (Å²) in [5.41, 5.74) is 1.10. The summed E-state index contributed by atoms with van der Waals surface area (Å²) in [6.07, 6.45) is -0.874. The molecule has 61 heavy (non-hydrogen) atoms. The van der Waals surface area contributed by atoms with E-state index in [1.54, 1.807) is 38.4 Å². The van der Waals surface area contributed by atoms with Crippen LogP contribution in [0.4, 0.5) is 4.39 Å². The van der Waals surface area contributed by atoms with Crippen LogP contribution >= 0.6 is 11.3 Å². The number of carboxylic acid groups (broad SMARTS) is 1. The van der Waals surface area contributed by atoms with Gasteiger partial charge in [-0.1, -0.05) is 32.9 Å². The van der Waals surface area contributed by atoms with Crippen LogP contribution in [0.3, 0.4) is 0 Å². The lowest BCUT2D eigenvalue weighted by Crippen LogP contribution is -2.59. The van der Waals surface area contributed by atoms with Crippen LogP contribution in [0.25, 0.3) is 10.4 Å². The summed E-state index contributed by atoms with van der Waals surface area (Å²) in [4.78, 5) is 69.8. The van der Waals surface area contributed by atoms with E-state index >= 15 is 0 Å². The van der Waals surface area contributed by atoms with E-state index in [2.05, 4.69) is 20.9 Å². The average molecular weight is 882 g/mol. The number of carbonyl (C=O) groups is 5. The predicted octanol–water partition coefficient (Wildman–Crippen LogP) is 1.78. The molecular weight excluding hydrogens is 822 g/mol. The van der Waals surface area contributed by atoms with Crippen molar-refractivity contribution in [2.45, 2.75) is 83.8 Å². The number of likely N-dealkylation sites (tertiary alicyclic amines) is 1. The van der Waals surface area contributed by atoms with Gasteiger partial charge < -0.3 is 59.5 Å². The van der Waals surface area contributed by atoms with Crippen LogP contribution < -0.4 is 20.7 Å². The van der Waals surface area contributed by atoms with Gasteiger partial charge >= 0.3 is 5.97 Å². The molecule has 18 nitrogen and oxygen atoms in total. The van der Waals surface area contributed by atoms with Gasteiger partial charge in [-0.05, 0) is 36.8 Å². The molecule has 2 heterocycles. The molecule has 1 aliphatic carbocycles. The first kappa shape index (κ1) is 49.3. The molecule has 340 valence electrons. The number of aromatic nitrogens is 1. The number of ether oxygens (including phenoxy) is 6. The summed E-state index contributed by atoms with van der Waals surface area (Å²) in [7, 11) is 0. The zero-order chi connectivity index (χ0) is 44.4. The largest absolute Gasteiger partial charge is 0.483 e. The Bertz CT molecular complexity index is 1750. The first-order valence-electron chi connectivity index (χ1n) is 20.4. The van der Waals surface area contributed by atoms with Gasteiger partial charge in [0.2, 0.25) is 11.8 Å². The summed E-state index contributed by atoms with van der Waals surface area (Å²) in [6.45, 7) is 10.1. The van der Waals surface area contributed by atoms with Gasteiger partial charge in [-0.3, -0.25) is 24.0 Å². The number of benzene rings is 1. The van der Waals surface area contributed by atoms with Gasteiger partial charge in [-0.15, -0.1) is 11.3 Å². The van der Waals surface area contributed by atoms with Crippen molar-refractivity contribution in [3.05, 3.63) is 35.0 Å². The van der Waals surface area contributed by atoms with Crippen molar-refractivity contribution in [3.8, 4) is 16.2 Å². The second-order valence-corrected chi connectivity index (χ2v) is 16.6. The van der Waals surface area contributed by atoms with Crippen LogP contribution in [0.15, 0.2) is 23.7 Å². The van der Waals surface area contributed by atoms with Crippen LogP contribution in [0.2, 0.25) is 0 Å². The minimum atomic E-state index is -1.99. The lowest BCUT2D eigenvalue weighted by molar-refractivity contribution is -0.145. The summed E-state index contributed by atoms with van der Waals surface area (Å²) in [6, 6.07) is 3.22. The van der Waals surface area contributed by atoms with E-state index in [0.29, 0.717) is 64.2 Å². The van der Waals surface area contributed by atoms with E-state index in [1.807, 2.05) is 13.0 Å². The monoisotopic (exact) mass is 881 g/mol. The molecule has 4 rings (SSSR count). The van der Waals surface area contributed by atoms with Crippen molar-refractivity contribution in [2.75, 3.05) is 85.8 Å². The molecule has 3 atom stereocenters. The summed E-state index contributed by atoms with van der Waals surface area (Å²) in [5, 5.41) is 27.3. The normalized spacial score (nSPS) is 17.4. The molecule has 1 saturated heterocycles. The maximum absolute atomic E-state index is 14.6. The number of carboxylic acids is 1. The maximum Gasteiger partial charge on any atom is 0.305 e. The number of aliphatic hydroxyl groups excluding tert-OH is 1. The lowest BCUT2D eigenvalue weighted by atomic mass is 9.85. The molecule has 1 aliphatic heterocycles. The highest BCUT2D eigenvalue weighted by Crippen LogP contribution is 2.40. The second-order valence-electron chi connectivity index (χ2n) is 15.8. The number of aliphatic hydroxyl groups is 1. The number of thiazole rings is 1. The Morgan fingerprint density at radius 1 is 0.934 bits per heavy atom. The average Bonchev–Trinajstić information content (AvgIpc) is 3.62. The van der Waals surface area contributed by atoms with Crippen LogP contribution in [-0.2, 0) is 54.2 Å². The smallest absolute Gasteiger partial charge is 0.305 e. The first-order valence-corrected chi connectivity index (χ1v) is 21.3. The zero-order valence-corrected chi connectivity index (χ0v) is 36.2. The van der Waals surface area contributed by atoms with Gasteiger partial charge in [0.25, 0.3) is 11.8 Å². The van der Waals surface area contributed by atoms with E-state index in [9.17, 15) is 33.5 Å². The Labute approximate surface area is 359 Å². The maximum atomic E-state index is 14.6. The third kappa shape index (κ3) is 16.5. The molecule has 0 radical (unpaired) electrons. The molecule has 1 saturated carbocycles. The highest BCUT2D eigenvalue weighted by molar-refractivity contribution is 7.13. The Hall–Kier alpha value is -4.31. The molecule has 2 aromatic rings. The number of rotatable bonds is 28. The number of β-amino-alcohol motifs (C(OH)–C–C–N with tert-alkyl or cyclic N) is 1. The first-order chi connectivity index (χ1) is 29.1. The highest BCUT2D eigenvalue weighted by Gasteiger charge is 2.53. The van der Waals surface area contributed by atoms with Crippen molar-refractivity contribution in [1.29, 1.82) is 0 Å². The van der Waals surface area contributed by atoms with Crippen LogP contribution in [-0.4, -0.2) is 159 Å². The molecule has 1 aromatic heterocycles. The van der Waals surface area contributed by atoms with Crippen LogP contribution in [0, 0.1) is 12.3 Å². The number of hydrogen-bond donors (Lipinski definition) is 5. The van der Waals surface area contributed by atoms with Gasteiger partial charge in [0.1, 0.15) is 17.8 Å². The third-order valence-corrected chi connectivity index (χ3v) is 10.7. The molecule has 1 aromatic carbocycles. The van der Waals surface area contributed by atoms with Gasteiger partial charge in [0.15, 0.2) is 12.3 Å². The molecule has 5 N–H and O–H groups in total. The summed E-state index contributed by atoms with van der Waals surface area (Å²) in [5.74, 6) is -2.93. The number of nitrogens with one attached hydrogen (secondary N) is 3. The second kappa shape index (κ2) is 24.4. The summed E-state index contributed by atoms with van der Waals surface area (Å²) < 4.78 is 47.4.